The molecule has 1 aromatic carbocycles. The molecule has 1 fully saturated rings. The van der Waals surface area contributed by atoms with Gasteiger partial charge in [-0.3, -0.25) is 29.0 Å². The number of nitrogens with zero attached hydrogens (tertiary/aromatic N) is 3. The van der Waals surface area contributed by atoms with Gasteiger partial charge in [0, 0.05) is 23.6 Å². The van der Waals surface area contributed by atoms with Gasteiger partial charge in [-0.25, -0.2) is 0 Å². The molecule has 3 N–H and O–H groups in total. The van der Waals surface area contributed by atoms with Crippen molar-refractivity contribution in [2.75, 3.05) is 18.2 Å². The minimum absolute atomic E-state index is 0.0468. The second-order valence-corrected chi connectivity index (χ2v) is 12.7. The SMILES string of the molecule is CC(C)C(/C=c1/s/c(=C2\SC(=S)N(O)C2=O)n(CC(=O)O)c1=O)=C1\Sc2cc3c(cc2N1CCC(=O)O)OCO3. The molecular weight excluding hydrogens is 603 g/mol. The first-order valence-electron chi connectivity index (χ1n) is 11.7. The maximum atomic E-state index is 13.5. The summed E-state index contributed by atoms with van der Waals surface area (Å²) >= 11 is 8.07. The van der Waals surface area contributed by atoms with E-state index in [2.05, 4.69) is 0 Å². The van der Waals surface area contributed by atoms with Gasteiger partial charge in [0.15, 0.2) is 15.8 Å². The van der Waals surface area contributed by atoms with E-state index in [1.807, 2.05) is 24.8 Å². The predicted molar refractivity (Wildman–Crippen MR) is 152 cm³/mol. The maximum Gasteiger partial charge on any atom is 0.323 e. The molecule has 2 aromatic rings. The number of carbonyl (C=O) groups is 3. The number of fused-ring (bicyclic) bond motifs is 2. The number of aromatic nitrogens is 1. The minimum atomic E-state index is -1.28. The molecule has 1 saturated heterocycles. The number of amides is 1. The largest absolute Gasteiger partial charge is 0.481 e. The average molecular weight is 624 g/mol. The Labute approximate surface area is 243 Å². The molecule has 3 aliphatic heterocycles. The number of anilines is 1. The quantitative estimate of drug-likeness (QED) is 0.303. The van der Waals surface area contributed by atoms with Crippen LogP contribution in [0.25, 0.3) is 11.0 Å². The van der Waals surface area contributed by atoms with Crippen LogP contribution in [0.5, 0.6) is 11.5 Å². The highest BCUT2D eigenvalue weighted by Gasteiger charge is 2.34. The second kappa shape index (κ2) is 10.9. The number of carboxylic acid groups (broad SMARTS) is 2. The Morgan fingerprint density at radius 3 is 2.42 bits per heavy atom. The van der Waals surface area contributed by atoms with Crippen LogP contribution in [0.2, 0.25) is 0 Å². The van der Waals surface area contributed by atoms with Crippen LogP contribution in [0.4, 0.5) is 5.69 Å². The van der Waals surface area contributed by atoms with Crippen molar-refractivity contribution in [1.82, 2.24) is 9.63 Å². The molecule has 5 rings (SSSR count). The number of allylic oxidation sites excluding steroid dienone is 1. The zero-order valence-corrected chi connectivity index (χ0v) is 24.2. The molecule has 12 nitrogen and oxygen atoms in total. The van der Waals surface area contributed by atoms with Crippen molar-refractivity contribution in [2.45, 2.75) is 31.7 Å². The number of aliphatic carboxylic acids is 2. The highest BCUT2D eigenvalue weighted by molar-refractivity contribution is 8.30. The smallest absolute Gasteiger partial charge is 0.323 e. The molecular formula is C24H21N3O9S4. The number of rotatable bonds is 7. The molecule has 0 unspecified atom stereocenters. The van der Waals surface area contributed by atoms with Crippen molar-refractivity contribution in [3.05, 3.63) is 42.3 Å². The number of hydrogen-bond acceptors (Lipinski definition) is 12. The molecule has 0 saturated carbocycles. The summed E-state index contributed by atoms with van der Waals surface area (Å²) in [6.07, 6.45) is 1.50. The van der Waals surface area contributed by atoms with E-state index >= 15 is 0 Å². The van der Waals surface area contributed by atoms with E-state index in [-0.39, 0.29) is 49.2 Å². The zero-order valence-electron chi connectivity index (χ0n) is 20.9. The molecule has 1 aromatic heterocycles. The predicted octanol–water partition coefficient (Wildman–Crippen LogP) is 1.82. The van der Waals surface area contributed by atoms with Gasteiger partial charge in [-0.05, 0) is 41.5 Å². The number of carbonyl (C=O) groups excluding carboxylic acids is 1. The molecule has 4 heterocycles. The summed E-state index contributed by atoms with van der Waals surface area (Å²) in [7, 11) is 0. The van der Waals surface area contributed by atoms with Crippen LogP contribution in [0.3, 0.4) is 0 Å². The summed E-state index contributed by atoms with van der Waals surface area (Å²) in [6.45, 7) is 3.38. The Morgan fingerprint density at radius 1 is 1.12 bits per heavy atom. The van der Waals surface area contributed by atoms with Crippen LogP contribution in [0.15, 0.2) is 32.4 Å². The van der Waals surface area contributed by atoms with Gasteiger partial charge in [0.25, 0.3) is 11.5 Å². The zero-order chi connectivity index (χ0) is 28.9. The molecule has 3 aliphatic rings. The lowest BCUT2D eigenvalue weighted by Gasteiger charge is -2.23. The van der Waals surface area contributed by atoms with Crippen molar-refractivity contribution in [3.63, 3.8) is 0 Å². The lowest BCUT2D eigenvalue weighted by molar-refractivity contribution is -0.140. The molecule has 16 heteroatoms. The lowest BCUT2D eigenvalue weighted by Crippen LogP contribution is -2.35. The van der Waals surface area contributed by atoms with E-state index < -0.39 is 29.9 Å². The summed E-state index contributed by atoms with van der Waals surface area (Å²) in [5, 5.41) is 29.7. The van der Waals surface area contributed by atoms with E-state index in [0.717, 1.165) is 38.2 Å². The number of thiazole rings is 1. The van der Waals surface area contributed by atoms with Gasteiger partial charge in [0.1, 0.15) is 16.1 Å². The van der Waals surface area contributed by atoms with Crippen LogP contribution in [0, 0.1) is 5.92 Å². The molecule has 0 aliphatic carbocycles. The monoisotopic (exact) mass is 623 g/mol. The van der Waals surface area contributed by atoms with E-state index in [1.54, 1.807) is 12.1 Å². The van der Waals surface area contributed by atoms with Gasteiger partial charge in [-0.15, -0.1) is 11.3 Å². The minimum Gasteiger partial charge on any atom is -0.481 e. The van der Waals surface area contributed by atoms with Gasteiger partial charge in [0.2, 0.25) is 6.79 Å². The summed E-state index contributed by atoms with van der Waals surface area (Å²) in [5.74, 6) is -2.12. The number of thiocarbonyl (C=S) groups is 1. The molecule has 0 radical (unpaired) electrons. The van der Waals surface area contributed by atoms with E-state index in [4.69, 9.17) is 21.7 Å². The first kappa shape index (κ1) is 28.2. The molecule has 40 heavy (non-hydrogen) atoms. The van der Waals surface area contributed by atoms with Crippen molar-refractivity contribution >= 4 is 85.9 Å². The number of benzene rings is 1. The molecule has 210 valence electrons. The topological polar surface area (TPSA) is 159 Å². The van der Waals surface area contributed by atoms with Gasteiger partial charge >= 0.3 is 11.9 Å². The molecule has 0 spiro atoms. The Balaban J connectivity index is 1.72. The van der Waals surface area contributed by atoms with E-state index in [1.165, 1.54) is 11.8 Å². The van der Waals surface area contributed by atoms with Gasteiger partial charge in [0.05, 0.1) is 21.7 Å². The third-order valence-corrected chi connectivity index (χ3v) is 9.84. The summed E-state index contributed by atoms with van der Waals surface area (Å²) in [5.41, 5.74) is 0.825. The van der Waals surface area contributed by atoms with Crippen LogP contribution in [-0.4, -0.2) is 60.6 Å². The Hall–Kier alpha value is -3.31. The third-order valence-electron chi connectivity index (χ3n) is 6.05. The maximum absolute atomic E-state index is 13.5. The first-order chi connectivity index (χ1) is 19.0. The summed E-state index contributed by atoms with van der Waals surface area (Å²) in [4.78, 5) is 51.7. The molecule has 0 atom stereocenters. The van der Waals surface area contributed by atoms with Crippen molar-refractivity contribution in [1.29, 1.82) is 0 Å². The van der Waals surface area contributed by atoms with E-state index in [9.17, 15) is 34.6 Å². The fourth-order valence-electron chi connectivity index (χ4n) is 4.19. The third kappa shape index (κ3) is 5.12. The fourth-order valence-corrected chi connectivity index (χ4v) is 7.88. The van der Waals surface area contributed by atoms with Crippen molar-refractivity contribution in [2.24, 2.45) is 5.92 Å². The van der Waals surface area contributed by atoms with Gasteiger partial charge in [-0.1, -0.05) is 25.6 Å². The normalized spacial score (nSPS) is 19.2. The Morgan fingerprint density at radius 2 is 1.82 bits per heavy atom. The number of hydroxylamine groups is 2. The average Bonchev–Trinajstić information content (AvgIpc) is 3.62. The standard InChI is InChI=1S/C24H21N3O9S4/c1-10(2)11(22-25(4-3-17(28)29)12-6-13-14(36-9-35-13)7-15(12)38-22)5-16-20(32)26(8-18(30)31)23(39-16)19-21(33)27(34)24(37)40-19/h5-7,10,34H,3-4,8-9H2,1-2H3,(H,28,29)(H,30,31)/b16-5+,22-11-,23-19-. The summed E-state index contributed by atoms with van der Waals surface area (Å²) < 4.78 is 12.1. The number of hydrogen-bond donors (Lipinski definition) is 3. The number of ether oxygens (including phenoxy) is 2. The Kier molecular flexibility index (Phi) is 7.71. The van der Waals surface area contributed by atoms with E-state index in [0.29, 0.717) is 22.1 Å². The first-order valence-corrected chi connectivity index (χ1v) is 14.6. The van der Waals surface area contributed by atoms with Gasteiger partial charge < -0.3 is 24.6 Å². The van der Waals surface area contributed by atoms with Crippen molar-refractivity contribution in [3.8, 4) is 11.5 Å². The summed E-state index contributed by atoms with van der Waals surface area (Å²) in [6, 6.07) is 3.62. The highest BCUT2D eigenvalue weighted by Crippen LogP contribution is 2.53. The Bertz CT molecular complexity index is 1690. The van der Waals surface area contributed by atoms with Crippen LogP contribution in [-0.2, 0) is 20.9 Å². The fraction of sp³-hybridized carbons (Fsp3) is 0.292. The molecule has 0 bridgehead atoms. The van der Waals surface area contributed by atoms with Crippen LogP contribution in [0.1, 0.15) is 20.3 Å². The van der Waals surface area contributed by atoms with Crippen molar-refractivity contribution < 1.29 is 39.3 Å². The highest BCUT2D eigenvalue weighted by atomic mass is 32.2. The van der Waals surface area contributed by atoms with Crippen LogP contribution >= 0.6 is 47.1 Å². The second-order valence-electron chi connectivity index (χ2n) is 9.00. The van der Waals surface area contributed by atoms with Crippen LogP contribution < -0.4 is 29.1 Å². The lowest BCUT2D eigenvalue weighted by atomic mass is 10.0. The van der Waals surface area contributed by atoms with Gasteiger partial charge in [-0.2, -0.15) is 5.06 Å². The number of thioether (sulfide) groups is 2. The molecule has 1 amide bonds. The number of carboxylic acids is 2.